The second-order valence-electron chi connectivity index (χ2n) is 9.05. The molecule has 0 saturated heterocycles. The summed E-state index contributed by atoms with van der Waals surface area (Å²) in [6.07, 6.45) is 4.40. The van der Waals surface area contributed by atoms with Gasteiger partial charge in [0.15, 0.2) is 0 Å². The van der Waals surface area contributed by atoms with Gasteiger partial charge in [-0.2, -0.15) is 0 Å². The molecule has 0 spiro atoms. The van der Waals surface area contributed by atoms with Crippen LogP contribution in [0.3, 0.4) is 0 Å². The molecule has 0 saturated carbocycles. The van der Waals surface area contributed by atoms with E-state index in [9.17, 15) is 9.18 Å². The van der Waals surface area contributed by atoms with Crippen LogP contribution in [0.5, 0.6) is 0 Å². The minimum Gasteiger partial charge on any atom is -0.343 e. The van der Waals surface area contributed by atoms with Gasteiger partial charge in [-0.1, -0.05) is 67.9 Å². The molecule has 3 nitrogen and oxygen atoms in total. The van der Waals surface area contributed by atoms with Crippen LogP contribution in [0.2, 0.25) is 5.02 Å². The van der Waals surface area contributed by atoms with E-state index in [4.69, 9.17) is 11.6 Å². The second kappa shape index (κ2) is 11.5. The van der Waals surface area contributed by atoms with Gasteiger partial charge in [0, 0.05) is 54.1 Å². The van der Waals surface area contributed by atoms with E-state index < -0.39 is 0 Å². The Morgan fingerprint density at radius 3 is 2.37 bits per heavy atom. The molecule has 1 aromatic heterocycles. The molecule has 0 aliphatic rings. The van der Waals surface area contributed by atoms with Gasteiger partial charge >= 0.3 is 0 Å². The number of fused-ring (bicyclic) bond motifs is 1. The number of aromatic nitrogens is 1. The predicted molar refractivity (Wildman–Crippen MR) is 143 cm³/mol. The number of rotatable bonds is 10. The monoisotopic (exact) mass is 490 g/mol. The molecule has 0 aliphatic heterocycles. The van der Waals surface area contributed by atoms with Crippen molar-refractivity contribution in [1.82, 2.24) is 9.47 Å². The molecule has 0 aliphatic carbocycles. The number of amides is 1. The van der Waals surface area contributed by atoms with E-state index in [1.165, 1.54) is 12.1 Å². The summed E-state index contributed by atoms with van der Waals surface area (Å²) in [6, 6.07) is 22.7. The first kappa shape index (κ1) is 25.0. The molecule has 3 aromatic carbocycles. The minimum atomic E-state index is -0.241. The lowest BCUT2D eigenvalue weighted by Gasteiger charge is -2.25. The molecule has 0 unspecified atom stereocenters. The van der Waals surface area contributed by atoms with E-state index in [-0.39, 0.29) is 17.6 Å². The third kappa shape index (κ3) is 5.94. The lowest BCUT2D eigenvalue weighted by atomic mass is 9.87. The van der Waals surface area contributed by atoms with Gasteiger partial charge in [0.25, 0.3) is 0 Å². The average molecular weight is 491 g/mol. The number of carbonyl (C=O) groups excluding carboxylic acids is 1. The average Bonchev–Trinajstić information content (AvgIpc) is 3.21. The topological polar surface area (TPSA) is 25.2 Å². The lowest BCUT2D eigenvalue weighted by Crippen LogP contribution is -2.33. The van der Waals surface area contributed by atoms with Crippen LogP contribution in [0, 0.1) is 5.82 Å². The highest BCUT2D eigenvalue weighted by Crippen LogP contribution is 2.36. The first-order chi connectivity index (χ1) is 17.0. The van der Waals surface area contributed by atoms with Crippen molar-refractivity contribution in [3.8, 4) is 0 Å². The predicted octanol–water partition coefficient (Wildman–Crippen LogP) is 7.65. The highest BCUT2D eigenvalue weighted by Gasteiger charge is 2.25. The Morgan fingerprint density at radius 1 is 0.971 bits per heavy atom. The zero-order chi connectivity index (χ0) is 24.8. The molecule has 0 bridgehead atoms. The summed E-state index contributed by atoms with van der Waals surface area (Å²) in [5, 5.41) is 1.78. The summed E-state index contributed by atoms with van der Waals surface area (Å²) in [6.45, 7) is 6.36. The van der Waals surface area contributed by atoms with Crippen LogP contribution in [0.15, 0.2) is 79.0 Å². The van der Waals surface area contributed by atoms with Crippen LogP contribution in [-0.2, 0) is 11.3 Å². The van der Waals surface area contributed by atoms with Crippen LogP contribution >= 0.6 is 11.6 Å². The maximum absolute atomic E-state index is 13.5. The molecule has 0 fully saturated rings. The fourth-order valence-electron chi connectivity index (χ4n) is 4.81. The Morgan fingerprint density at radius 2 is 1.69 bits per heavy atom. The number of hydrogen-bond donors (Lipinski definition) is 0. The molecule has 0 radical (unpaired) electrons. The van der Waals surface area contributed by atoms with Crippen molar-refractivity contribution in [2.45, 2.75) is 45.6 Å². The van der Waals surface area contributed by atoms with Crippen LogP contribution in [-0.4, -0.2) is 28.5 Å². The first-order valence-electron chi connectivity index (χ1n) is 12.4. The van der Waals surface area contributed by atoms with Crippen molar-refractivity contribution in [3.63, 3.8) is 0 Å². The van der Waals surface area contributed by atoms with Gasteiger partial charge in [-0.05, 0) is 59.9 Å². The van der Waals surface area contributed by atoms with Crippen molar-refractivity contribution < 1.29 is 9.18 Å². The van der Waals surface area contributed by atoms with Gasteiger partial charge < -0.3 is 9.47 Å². The highest BCUT2D eigenvalue weighted by atomic mass is 35.5. The molecule has 182 valence electrons. The second-order valence-corrected chi connectivity index (χ2v) is 9.48. The molecule has 4 aromatic rings. The molecule has 5 heteroatoms. The smallest absolute Gasteiger partial charge is 0.223 e. The largest absolute Gasteiger partial charge is 0.343 e. The molecule has 4 rings (SSSR count). The zero-order valence-electron chi connectivity index (χ0n) is 20.4. The van der Waals surface area contributed by atoms with E-state index in [1.807, 2.05) is 47.4 Å². The van der Waals surface area contributed by atoms with Crippen LogP contribution in [0.25, 0.3) is 10.9 Å². The van der Waals surface area contributed by atoms with Crippen LogP contribution < -0.4 is 0 Å². The normalized spacial score (nSPS) is 12.1. The number of carbonyl (C=O) groups is 1. The minimum absolute atomic E-state index is 0.128. The molecule has 1 atom stereocenters. The Labute approximate surface area is 212 Å². The Kier molecular flexibility index (Phi) is 8.25. The van der Waals surface area contributed by atoms with Gasteiger partial charge in [-0.3, -0.25) is 4.79 Å². The van der Waals surface area contributed by atoms with Gasteiger partial charge in [0.2, 0.25) is 5.91 Å². The number of para-hydroxylation sites is 1. The highest BCUT2D eigenvalue weighted by molar-refractivity contribution is 6.30. The summed E-state index contributed by atoms with van der Waals surface area (Å²) < 4.78 is 15.6. The Bertz CT molecular complexity index is 1280. The van der Waals surface area contributed by atoms with E-state index >= 15 is 0 Å². The fraction of sp³-hybridized carbons (Fsp3) is 0.300. The molecular weight excluding hydrogens is 459 g/mol. The Hall–Kier alpha value is -3.11. The van der Waals surface area contributed by atoms with Gasteiger partial charge in [0.1, 0.15) is 5.82 Å². The van der Waals surface area contributed by atoms with E-state index in [0.717, 1.165) is 53.5 Å². The third-order valence-electron chi connectivity index (χ3n) is 6.43. The molecule has 0 N–H and O–H groups in total. The van der Waals surface area contributed by atoms with Crippen LogP contribution in [0.4, 0.5) is 4.39 Å². The van der Waals surface area contributed by atoms with Crippen molar-refractivity contribution in [2.24, 2.45) is 0 Å². The maximum atomic E-state index is 13.5. The molecule has 35 heavy (non-hydrogen) atoms. The molecule has 1 amide bonds. The van der Waals surface area contributed by atoms with E-state index in [0.29, 0.717) is 18.0 Å². The lowest BCUT2D eigenvalue weighted by molar-refractivity contribution is -0.131. The molecular formula is C30H32ClFN2O. The number of hydrogen-bond acceptors (Lipinski definition) is 1. The fourth-order valence-corrected chi connectivity index (χ4v) is 5.00. The number of halogens is 2. The van der Waals surface area contributed by atoms with E-state index in [1.54, 1.807) is 0 Å². The quantitative estimate of drug-likeness (QED) is 0.224. The van der Waals surface area contributed by atoms with Crippen molar-refractivity contribution >= 4 is 28.4 Å². The van der Waals surface area contributed by atoms with Gasteiger partial charge in [-0.15, -0.1) is 0 Å². The first-order valence-corrected chi connectivity index (χ1v) is 12.7. The van der Waals surface area contributed by atoms with Crippen molar-refractivity contribution in [3.05, 3.63) is 107 Å². The van der Waals surface area contributed by atoms with Gasteiger partial charge in [-0.25, -0.2) is 4.39 Å². The summed E-state index contributed by atoms with van der Waals surface area (Å²) in [4.78, 5) is 15.5. The number of nitrogens with zero attached hydrogens (tertiary/aromatic N) is 2. The van der Waals surface area contributed by atoms with Gasteiger partial charge in [0.05, 0.1) is 0 Å². The van der Waals surface area contributed by atoms with Crippen molar-refractivity contribution in [1.29, 1.82) is 0 Å². The summed E-state index contributed by atoms with van der Waals surface area (Å²) in [5.41, 5.74) is 4.24. The zero-order valence-corrected chi connectivity index (χ0v) is 21.1. The number of benzene rings is 3. The maximum Gasteiger partial charge on any atom is 0.223 e. The third-order valence-corrected chi connectivity index (χ3v) is 6.67. The summed E-state index contributed by atoms with van der Waals surface area (Å²) in [5.74, 6) is -0.208. The van der Waals surface area contributed by atoms with E-state index in [2.05, 4.69) is 42.8 Å². The molecule has 1 heterocycles. The van der Waals surface area contributed by atoms with Crippen LogP contribution in [0.1, 0.15) is 55.7 Å². The summed E-state index contributed by atoms with van der Waals surface area (Å²) >= 11 is 6.39. The Balaban J connectivity index is 1.78. The SMILES string of the molecule is CCCN(CCC)C(=O)C[C@H](c1cccc(Cl)c1)c1cn(Cc2ccc(F)cc2)c2ccccc12. The van der Waals surface area contributed by atoms with Crippen molar-refractivity contribution in [2.75, 3.05) is 13.1 Å². The summed E-state index contributed by atoms with van der Waals surface area (Å²) in [7, 11) is 0. The standard InChI is InChI=1S/C30H32ClFN2O/c1-3-16-33(17-4-2)30(35)19-27(23-8-7-9-24(31)18-23)28-21-34(29-11-6-5-10-26(28)29)20-22-12-14-25(32)15-13-22/h5-15,18,21,27H,3-4,16-17,19-20H2,1-2H3/t27-/m1/s1.